The summed E-state index contributed by atoms with van der Waals surface area (Å²) in [6.45, 7) is 3.18. The molecule has 1 unspecified atom stereocenters. The van der Waals surface area contributed by atoms with E-state index in [2.05, 4.69) is 9.97 Å². The first-order chi connectivity index (χ1) is 16.4. The summed E-state index contributed by atoms with van der Waals surface area (Å²) in [4.78, 5) is 45.3. The molecule has 0 aliphatic carbocycles. The van der Waals surface area contributed by atoms with Gasteiger partial charge in [0, 0.05) is 24.4 Å². The second-order valence-corrected chi connectivity index (χ2v) is 7.09. The topological polar surface area (TPSA) is 125 Å². The molecule has 186 valence electrons. The standard InChI is InChI=1S/C20H15ClF4N4O6/c1-3-33-17(31)9(2)34-15-4-5-26-18(28-15)35-13-7-12(11(22)6-10(13)21)29-16(30)8-14(20(23,24)25)27-19(29)32/h4-9H,3H2,1-2H3,(H,27,32). The lowest BCUT2D eigenvalue weighted by atomic mass is 10.2. The van der Waals surface area contributed by atoms with Gasteiger partial charge in [0.05, 0.1) is 17.3 Å². The van der Waals surface area contributed by atoms with Gasteiger partial charge in [-0.05, 0) is 19.9 Å². The molecule has 1 aromatic carbocycles. The molecule has 1 atom stereocenters. The Kier molecular flexibility index (Phi) is 7.43. The average Bonchev–Trinajstić information content (AvgIpc) is 2.76. The summed E-state index contributed by atoms with van der Waals surface area (Å²) in [5.41, 5.74) is -5.34. The van der Waals surface area contributed by atoms with Gasteiger partial charge in [0.15, 0.2) is 11.9 Å². The van der Waals surface area contributed by atoms with Crippen molar-refractivity contribution in [3.8, 4) is 23.3 Å². The van der Waals surface area contributed by atoms with Crippen LogP contribution in [0.4, 0.5) is 17.6 Å². The normalized spacial score (nSPS) is 12.2. The summed E-state index contributed by atoms with van der Waals surface area (Å²) in [6, 6.07) is 2.51. The second kappa shape index (κ2) is 10.1. The molecule has 0 spiro atoms. The second-order valence-electron chi connectivity index (χ2n) is 6.69. The van der Waals surface area contributed by atoms with Crippen molar-refractivity contribution in [3.63, 3.8) is 0 Å². The number of carbonyl (C=O) groups is 1. The van der Waals surface area contributed by atoms with Crippen LogP contribution in [0.3, 0.4) is 0 Å². The molecule has 10 nitrogen and oxygen atoms in total. The minimum Gasteiger partial charge on any atom is -0.463 e. The Morgan fingerprint density at radius 1 is 1.26 bits per heavy atom. The number of ether oxygens (including phenoxy) is 3. The van der Waals surface area contributed by atoms with E-state index >= 15 is 0 Å². The maximum Gasteiger partial charge on any atom is 0.431 e. The Labute approximate surface area is 198 Å². The summed E-state index contributed by atoms with van der Waals surface area (Å²) < 4.78 is 68.7. The van der Waals surface area contributed by atoms with E-state index in [1.165, 1.54) is 24.2 Å². The number of hydrogen-bond donors (Lipinski definition) is 1. The van der Waals surface area contributed by atoms with Crippen LogP contribution in [0, 0.1) is 5.82 Å². The number of nitrogens with zero attached hydrogens (tertiary/aromatic N) is 3. The average molecular weight is 519 g/mol. The van der Waals surface area contributed by atoms with Gasteiger partial charge in [0.2, 0.25) is 5.88 Å². The van der Waals surface area contributed by atoms with E-state index in [-0.39, 0.29) is 39.9 Å². The number of aromatic amines is 1. The van der Waals surface area contributed by atoms with Gasteiger partial charge < -0.3 is 19.2 Å². The molecular formula is C20H15ClF4N4O6. The molecule has 0 fully saturated rings. The van der Waals surface area contributed by atoms with Gasteiger partial charge in [-0.1, -0.05) is 11.6 Å². The van der Waals surface area contributed by atoms with Crippen LogP contribution >= 0.6 is 11.6 Å². The number of hydrogen-bond acceptors (Lipinski definition) is 8. The predicted molar refractivity (Wildman–Crippen MR) is 111 cm³/mol. The summed E-state index contributed by atoms with van der Waals surface area (Å²) in [7, 11) is 0. The highest BCUT2D eigenvalue weighted by Gasteiger charge is 2.33. The molecule has 0 radical (unpaired) electrons. The van der Waals surface area contributed by atoms with Crippen molar-refractivity contribution in [1.82, 2.24) is 19.5 Å². The summed E-state index contributed by atoms with van der Waals surface area (Å²) in [5, 5.41) is -0.336. The zero-order chi connectivity index (χ0) is 25.9. The van der Waals surface area contributed by atoms with Crippen molar-refractivity contribution in [3.05, 3.63) is 67.8 Å². The molecular weight excluding hydrogens is 504 g/mol. The van der Waals surface area contributed by atoms with Gasteiger partial charge in [-0.2, -0.15) is 18.2 Å². The van der Waals surface area contributed by atoms with Crippen molar-refractivity contribution in [2.75, 3.05) is 6.61 Å². The number of alkyl halides is 3. The molecule has 0 saturated carbocycles. The fourth-order valence-corrected chi connectivity index (χ4v) is 2.86. The van der Waals surface area contributed by atoms with Gasteiger partial charge in [-0.3, -0.25) is 4.79 Å². The van der Waals surface area contributed by atoms with Gasteiger partial charge in [0.1, 0.15) is 11.5 Å². The Balaban J connectivity index is 1.95. The number of halogens is 5. The molecule has 2 heterocycles. The van der Waals surface area contributed by atoms with Crippen molar-refractivity contribution in [2.24, 2.45) is 0 Å². The highest BCUT2D eigenvalue weighted by atomic mass is 35.5. The van der Waals surface area contributed by atoms with E-state index in [0.29, 0.717) is 6.07 Å². The van der Waals surface area contributed by atoms with Crippen molar-refractivity contribution in [1.29, 1.82) is 0 Å². The van der Waals surface area contributed by atoms with Crippen molar-refractivity contribution >= 4 is 17.6 Å². The molecule has 0 amide bonds. The van der Waals surface area contributed by atoms with Gasteiger partial charge >= 0.3 is 23.8 Å². The first-order valence-electron chi connectivity index (χ1n) is 9.68. The lowest BCUT2D eigenvalue weighted by Crippen LogP contribution is -2.36. The number of H-pyrrole nitrogens is 1. The zero-order valence-corrected chi connectivity index (χ0v) is 18.6. The number of carbonyl (C=O) groups excluding carboxylic acids is 1. The molecule has 2 aromatic heterocycles. The highest BCUT2D eigenvalue weighted by Crippen LogP contribution is 2.32. The van der Waals surface area contributed by atoms with Crippen molar-refractivity contribution < 1.29 is 36.6 Å². The Bertz CT molecular complexity index is 1340. The fourth-order valence-electron chi connectivity index (χ4n) is 2.67. The first-order valence-corrected chi connectivity index (χ1v) is 10.1. The van der Waals surface area contributed by atoms with Crippen LogP contribution in [0.2, 0.25) is 5.02 Å². The van der Waals surface area contributed by atoms with E-state index in [0.717, 1.165) is 6.07 Å². The fraction of sp³-hybridized carbons (Fsp3) is 0.250. The first kappa shape index (κ1) is 25.7. The molecule has 1 N–H and O–H groups in total. The third-order valence-corrected chi connectivity index (χ3v) is 4.50. The van der Waals surface area contributed by atoms with Gasteiger partial charge in [0.25, 0.3) is 5.56 Å². The minimum atomic E-state index is -5.00. The molecule has 0 saturated heterocycles. The third kappa shape index (κ3) is 5.95. The Morgan fingerprint density at radius 2 is 1.97 bits per heavy atom. The number of aromatic nitrogens is 4. The molecule has 0 aliphatic heterocycles. The molecule has 0 aliphatic rings. The summed E-state index contributed by atoms with van der Waals surface area (Å²) in [6.07, 6.45) is -4.81. The predicted octanol–water partition coefficient (Wildman–Crippen LogP) is 3.25. The minimum absolute atomic E-state index is 0.0931. The smallest absolute Gasteiger partial charge is 0.431 e. The summed E-state index contributed by atoms with van der Waals surface area (Å²) >= 11 is 5.97. The van der Waals surface area contributed by atoms with E-state index in [9.17, 15) is 31.9 Å². The maximum atomic E-state index is 14.5. The van der Waals surface area contributed by atoms with Crippen LogP contribution in [-0.4, -0.2) is 38.2 Å². The van der Waals surface area contributed by atoms with E-state index < -0.39 is 46.7 Å². The van der Waals surface area contributed by atoms with Crippen LogP contribution < -0.4 is 20.7 Å². The molecule has 0 bridgehead atoms. The van der Waals surface area contributed by atoms with E-state index in [1.807, 2.05) is 0 Å². The Hall–Kier alpha value is -3.94. The quantitative estimate of drug-likeness (QED) is 0.373. The van der Waals surface area contributed by atoms with Gasteiger partial charge in [-0.25, -0.2) is 23.5 Å². The van der Waals surface area contributed by atoms with Crippen LogP contribution in [0.5, 0.6) is 17.6 Å². The van der Waals surface area contributed by atoms with Crippen LogP contribution in [-0.2, 0) is 15.7 Å². The highest BCUT2D eigenvalue weighted by molar-refractivity contribution is 6.32. The largest absolute Gasteiger partial charge is 0.463 e. The summed E-state index contributed by atoms with van der Waals surface area (Å²) in [5.74, 6) is -2.28. The molecule has 15 heteroatoms. The zero-order valence-electron chi connectivity index (χ0n) is 17.9. The number of benzene rings is 1. The van der Waals surface area contributed by atoms with E-state index in [4.69, 9.17) is 25.8 Å². The molecule has 35 heavy (non-hydrogen) atoms. The lowest BCUT2D eigenvalue weighted by Gasteiger charge is -2.14. The van der Waals surface area contributed by atoms with Crippen LogP contribution in [0.25, 0.3) is 5.69 Å². The number of rotatable bonds is 7. The SMILES string of the molecule is CCOC(=O)C(C)Oc1ccnc(Oc2cc(-n3c(=O)cc(C(F)(F)F)[nH]c3=O)c(F)cc2Cl)n1. The molecule has 3 rings (SSSR count). The number of nitrogens with one attached hydrogen (secondary N) is 1. The van der Waals surface area contributed by atoms with Crippen LogP contribution in [0.1, 0.15) is 19.5 Å². The van der Waals surface area contributed by atoms with Gasteiger partial charge in [-0.15, -0.1) is 0 Å². The Morgan fingerprint density at radius 3 is 2.60 bits per heavy atom. The number of esters is 1. The molecule has 3 aromatic rings. The van der Waals surface area contributed by atoms with E-state index in [1.54, 1.807) is 6.92 Å². The maximum absolute atomic E-state index is 14.5. The van der Waals surface area contributed by atoms with Crippen LogP contribution in [0.15, 0.2) is 40.1 Å². The van der Waals surface area contributed by atoms with Crippen molar-refractivity contribution in [2.45, 2.75) is 26.1 Å². The third-order valence-electron chi connectivity index (χ3n) is 4.21. The monoisotopic (exact) mass is 518 g/mol. The lowest BCUT2D eigenvalue weighted by molar-refractivity contribution is -0.150.